The van der Waals surface area contributed by atoms with Crippen LogP contribution in [0.2, 0.25) is 0 Å². The van der Waals surface area contributed by atoms with Crippen molar-refractivity contribution in [1.29, 1.82) is 0 Å². The molecule has 1 amide bonds. The van der Waals surface area contributed by atoms with Crippen LogP contribution in [0.3, 0.4) is 0 Å². The maximum Gasteiger partial charge on any atom is 0.328 e. The summed E-state index contributed by atoms with van der Waals surface area (Å²) in [5.41, 5.74) is 8.32. The zero-order valence-corrected chi connectivity index (χ0v) is 14.0. The quantitative estimate of drug-likeness (QED) is 0.161. The molecule has 1 saturated carbocycles. The summed E-state index contributed by atoms with van der Waals surface area (Å²) in [6.45, 7) is 2.27. The minimum atomic E-state index is -0.966. The normalized spacial score (nSPS) is 15.8. The molecule has 0 bridgehead atoms. The van der Waals surface area contributed by atoms with Crippen molar-refractivity contribution in [1.82, 2.24) is 10.6 Å². The number of Topliss-reactive ketones (excluding diaryl/α,β-unsaturated/α-hetero) is 1. The van der Waals surface area contributed by atoms with Crippen LogP contribution >= 0.6 is 0 Å². The molecule has 9 nitrogen and oxygen atoms in total. The van der Waals surface area contributed by atoms with Gasteiger partial charge in [-0.05, 0) is 26.2 Å². The van der Waals surface area contributed by atoms with E-state index in [1.165, 1.54) is 7.11 Å². The molecule has 0 aromatic carbocycles. The lowest BCUT2D eigenvalue weighted by atomic mass is 10.1. The Morgan fingerprint density at radius 2 is 2.08 bits per heavy atom. The molecule has 2 atom stereocenters. The summed E-state index contributed by atoms with van der Waals surface area (Å²) >= 11 is 0. The van der Waals surface area contributed by atoms with Gasteiger partial charge in [0.15, 0.2) is 0 Å². The van der Waals surface area contributed by atoms with Gasteiger partial charge in [0, 0.05) is 26.1 Å². The zero-order chi connectivity index (χ0) is 17.9. The third-order valence-corrected chi connectivity index (χ3v) is 3.56. The lowest BCUT2D eigenvalue weighted by Gasteiger charge is -2.19. The topological polar surface area (TPSA) is 130 Å². The van der Waals surface area contributed by atoms with Gasteiger partial charge in [0.25, 0.3) is 0 Å². The summed E-state index contributed by atoms with van der Waals surface area (Å²) in [6, 6.07) is -0.454. The highest BCUT2D eigenvalue weighted by Crippen LogP contribution is 2.17. The number of hydrogen-bond acceptors (Lipinski definition) is 6. The Kier molecular flexibility index (Phi) is 8.85. The van der Waals surface area contributed by atoms with Gasteiger partial charge in [0.2, 0.25) is 11.7 Å². The summed E-state index contributed by atoms with van der Waals surface area (Å²) in [5, 5.41) is 5.71. The van der Waals surface area contributed by atoms with Crippen LogP contribution in [-0.2, 0) is 23.9 Å². The van der Waals surface area contributed by atoms with Crippen LogP contribution in [0.1, 0.15) is 32.6 Å². The van der Waals surface area contributed by atoms with E-state index in [9.17, 15) is 14.4 Å². The number of carbonyl (C=O) groups is 3. The highest BCUT2D eigenvalue weighted by atomic mass is 16.5. The number of hydrogen-bond donors (Lipinski definition) is 2. The molecule has 0 aliphatic heterocycles. The van der Waals surface area contributed by atoms with E-state index in [0.29, 0.717) is 12.6 Å². The fourth-order valence-electron chi connectivity index (χ4n) is 1.86. The Hall–Kier alpha value is -2.09. The van der Waals surface area contributed by atoms with Gasteiger partial charge in [-0.3, -0.25) is 9.59 Å². The highest BCUT2D eigenvalue weighted by molar-refractivity contribution is 6.25. The van der Waals surface area contributed by atoms with E-state index in [1.54, 1.807) is 6.92 Å². The average Bonchev–Trinajstić information content (AvgIpc) is 3.38. The van der Waals surface area contributed by atoms with E-state index in [2.05, 4.69) is 15.4 Å². The number of ether oxygens (including phenoxy) is 2. The van der Waals surface area contributed by atoms with Crippen LogP contribution in [0.4, 0.5) is 0 Å². The molecule has 0 spiro atoms. The van der Waals surface area contributed by atoms with E-state index < -0.39 is 29.8 Å². The van der Waals surface area contributed by atoms with Crippen molar-refractivity contribution in [2.75, 3.05) is 20.3 Å². The summed E-state index contributed by atoms with van der Waals surface area (Å²) in [5.74, 6) is -1.54. The Bertz CT molecular complexity index is 500. The van der Waals surface area contributed by atoms with Crippen molar-refractivity contribution in [3.63, 3.8) is 0 Å². The van der Waals surface area contributed by atoms with Crippen molar-refractivity contribution in [3.05, 3.63) is 5.53 Å². The van der Waals surface area contributed by atoms with Gasteiger partial charge in [-0.1, -0.05) is 0 Å². The van der Waals surface area contributed by atoms with Crippen molar-refractivity contribution in [2.24, 2.45) is 0 Å². The maximum atomic E-state index is 12.1. The van der Waals surface area contributed by atoms with Gasteiger partial charge < -0.3 is 25.6 Å². The Labute approximate surface area is 140 Å². The molecular formula is C15H24N4O5. The molecule has 0 unspecified atom stereocenters. The minimum absolute atomic E-state index is 0.0436. The second kappa shape index (κ2) is 10.6. The van der Waals surface area contributed by atoms with Gasteiger partial charge in [-0.15, -0.1) is 0 Å². The Balaban J connectivity index is 2.49. The third-order valence-electron chi connectivity index (χ3n) is 3.56. The van der Waals surface area contributed by atoms with Crippen molar-refractivity contribution < 1.29 is 28.6 Å². The first-order chi connectivity index (χ1) is 11.5. The lowest BCUT2D eigenvalue weighted by molar-refractivity contribution is -0.149. The largest absolute Gasteiger partial charge is 0.463 e. The number of amides is 1. The molecule has 134 valence electrons. The molecule has 1 rings (SSSR count). The number of nitrogens with zero attached hydrogens (tertiary/aromatic N) is 2. The fraction of sp³-hybridized carbons (Fsp3) is 0.733. The average molecular weight is 340 g/mol. The first-order valence-corrected chi connectivity index (χ1v) is 7.91. The molecule has 0 aromatic heterocycles. The van der Waals surface area contributed by atoms with E-state index in [0.717, 1.165) is 19.1 Å². The van der Waals surface area contributed by atoms with Gasteiger partial charge in [0.1, 0.15) is 18.8 Å². The van der Waals surface area contributed by atoms with Gasteiger partial charge >= 0.3 is 12.2 Å². The zero-order valence-electron chi connectivity index (χ0n) is 14.0. The van der Waals surface area contributed by atoms with Gasteiger partial charge in [-0.25, -0.2) is 4.79 Å². The number of nitrogens with one attached hydrogen (secondary N) is 2. The minimum Gasteiger partial charge on any atom is -0.463 e. The lowest BCUT2D eigenvalue weighted by Crippen LogP contribution is -2.46. The third kappa shape index (κ3) is 7.96. The predicted octanol–water partition coefficient (Wildman–Crippen LogP) is -0.549. The Morgan fingerprint density at radius 3 is 2.67 bits per heavy atom. The molecule has 0 heterocycles. The number of carbonyl (C=O) groups excluding carboxylic acids is 3. The van der Waals surface area contributed by atoms with Crippen LogP contribution in [0, 0.1) is 0 Å². The molecule has 24 heavy (non-hydrogen) atoms. The standard InChI is InChI=1S/C15H24N4O5/c1-10(23-2)14(21)19-13(6-5-12(20)9-18-16)15(22)24-8-7-17-11-3-4-11/h9-11,13,17H,3-8H2,1-2H3,(H,19,21)/t10-,13+/m1/s1. The summed E-state index contributed by atoms with van der Waals surface area (Å²) < 4.78 is 10.0. The fourth-order valence-corrected chi connectivity index (χ4v) is 1.86. The number of esters is 1. The second-order valence-corrected chi connectivity index (χ2v) is 5.58. The van der Waals surface area contributed by atoms with Gasteiger partial charge in [-0.2, -0.15) is 4.79 Å². The van der Waals surface area contributed by atoms with Crippen LogP contribution in [0.15, 0.2) is 0 Å². The summed E-state index contributed by atoms with van der Waals surface area (Å²) in [6.07, 6.45) is 2.27. The Morgan fingerprint density at radius 1 is 1.38 bits per heavy atom. The SMILES string of the molecule is CO[C@H](C)C(=O)N[C@@H](CCC(=O)C=[N+]=[N-])C(=O)OCCNC1CC1. The number of rotatable bonds is 12. The molecule has 9 heteroatoms. The van der Waals surface area contributed by atoms with E-state index >= 15 is 0 Å². The number of ketones is 1. The second-order valence-electron chi connectivity index (χ2n) is 5.58. The smallest absolute Gasteiger partial charge is 0.328 e. The molecular weight excluding hydrogens is 316 g/mol. The monoisotopic (exact) mass is 340 g/mol. The molecule has 2 N–H and O–H groups in total. The van der Waals surface area contributed by atoms with Crippen molar-refractivity contribution in [3.8, 4) is 0 Å². The van der Waals surface area contributed by atoms with Crippen LogP contribution in [0.5, 0.6) is 0 Å². The first-order valence-electron chi connectivity index (χ1n) is 7.91. The molecule has 1 fully saturated rings. The summed E-state index contributed by atoms with van der Waals surface area (Å²) in [4.78, 5) is 38.0. The highest BCUT2D eigenvalue weighted by Gasteiger charge is 2.26. The van der Waals surface area contributed by atoms with Crippen molar-refractivity contribution >= 4 is 23.9 Å². The molecule has 1 aliphatic carbocycles. The summed E-state index contributed by atoms with van der Waals surface area (Å²) in [7, 11) is 1.38. The van der Waals surface area contributed by atoms with Crippen molar-refractivity contribution in [2.45, 2.75) is 50.8 Å². The van der Waals surface area contributed by atoms with Crippen LogP contribution in [0.25, 0.3) is 5.53 Å². The number of methoxy groups -OCH3 is 1. The van der Waals surface area contributed by atoms with Gasteiger partial charge in [0.05, 0.1) is 0 Å². The molecule has 0 saturated heterocycles. The van der Waals surface area contributed by atoms with E-state index in [1.807, 2.05) is 0 Å². The molecule has 0 aromatic rings. The molecule has 1 aliphatic rings. The first kappa shape index (κ1) is 20.0. The van der Waals surface area contributed by atoms with E-state index in [-0.39, 0.29) is 19.4 Å². The molecule has 0 radical (unpaired) electrons. The maximum absolute atomic E-state index is 12.1. The van der Waals surface area contributed by atoms with Crippen LogP contribution in [-0.4, -0.2) is 67.1 Å². The van der Waals surface area contributed by atoms with E-state index in [4.69, 9.17) is 15.0 Å². The van der Waals surface area contributed by atoms with Crippen LogP contribution < -0.4 is 10.6 Å². The predicted molar refractivity (Wildman–Crippen MR) is 84.3 cm³/mol.